The van der Waals surface area contributed by atoms with Crippen LogP contribution in [-0.4, -0.2) is 71.3 Å². The van der Waals surface area contributed by atoms with Crippen molar-refractivity contribution in [2.75, 3.05) is 34.4 Å². The molecular formula is C27H32N4O5. The number of likely N-dealkylation sites (tertiary alicyclic amines) is 1. The highest BCUT2D eigenvalue weighted by molar-refractivity contribution is 6.11. The lowest BCUT2D eigenvalue weighted by Crippen LogP contribution is -2.43. The smallest absolute Gasteiger partial charge is 0.241 e. The third kappa shape index (κ3) is 4.58. The number of nitrogens with zero attached hydrogens (tertiary/aromatic N) is 4. The highest BCUT2D eigenvalue weighted by Crippen LogP contribution is 2.44. The Morgan fingerprint density at radius 3 is 2.64 bits per heavy atom. The Kier molecular flexibility index (Phi) is 7.40. The molecule has 0 spiro atoms. The Labute approximate surface area is 210 Å². The molecule has 2 aromatic heterocycles. The average Bonchev–Trinajstić information content (AvgIpc) is 3.32. The van der Waals surface area contributed by atoms with Crippen molar-refractivity contribution in [2.45, 2.75) is 38.1 Å². The summed E-state index contributed by atoms with van der Waals surface area (Å²) in [6, 6.07) is 12.9. The molecule has 3 amide bonds. The van der Waals surface area contributed by atoms with Crippen LogP contribution in [0, 0.1) is 6.92 Å². The molecule has 9 nitrogen and oxygen atoms in total. The number of carbonyl (C=O) groups is 3. The fourth-order valence-electron chi connectivity index (χ4n) is 4.94. The Morgan fingerprint density at radius 2 is 1.89 bits per heavy atom. The van der Waals surface area contributed by atoms with Crippen molar-refractivity contribution in [3.8, 4) is 5.75 Å². The van der Waals surface area contributed by atoms with E-state index < -0.39 is 5.41 Å². The Bertz CT molecular complexity index is 1290. The van der Waals surface area contributed by atoms with Crippen LogP contribution in [-0.2, 0) is 31.1 Å². The molecule has 0 saturated carbocycles. The largest absolute Gasteiger partial charge is 0.496 e. The molecule has 9 heteroatoms. The van der Waals surface area contributed by atoms with Crippen LogP contribution in [0.5, 0.6) is 5.75 Å². The summed E-state index contributed by atoms with van der Waals surface area (Å²) < 4.78 is 12.6. The number of carbonyl (C=O) groups excluding carboxylic acids is 3. The molecule has 3 heterocycles. The summed E-state index contributed by atoms with van der Waals surface area (Å²) in [7, 11) is 4.80. The molecule has 190 valence electrons. The molecule has 0 radical (unpaired) electrons. The minimum atomic E-state index is -1.34. The van der Waals surface area contributed by atoms with Crippen LogP contribution in [0.4, 0.5) is 0 Å². The normalized spacial score (nSPS) is 17.7. The number of hydrogen-bond acceptors (Lipinski definition) is 6. The monoisotopic (exact) mass is 492 g/mol. The van der Waals surface area contributed by atoms with E-state index in [-0.39, 0.29) is 37.1 Å². The molecular weight excluding hydrogens is 460 g/mol. The van der Waals surface area contributed by atoms with Gasteiger partial charge in [0.25, 0.3) is 0 Å². The molecule has 36 heavy (non-hydrogen) atoms. The van der Waals surface area contributed by atoms with Crippen molar-refractivity contribution < 1.29 is 23.9 Å². The molecule has 1 aromatic carbocycles. The number of rotatable bonds is 10. The van der Waals surface area contributed by atoms with Gasteiger partial charge in [0.2, 0.25) is 17.7 Å². The lowest BCUT2D eigenvalue weighted by molar-refractivity contribution is -0.142. The molecule has 1 unspecified atom stereocenters. The van der Waals surface area contributed by atoms with Crippen molar-refractivity contribution in [3.05, 3.63) is 65.6 Å². The van der Waals surface area contributed by atoms with Gasteiger partial charge in [-0.15, -0.1) is 0 Å². The summed E-state index contributed by atoms with van der Waals surface area (Å²) in [5.74, 6) is -0.438. The molecule has 1 aliphatic heterocycles. The number of hydrogen-bond donors (Lipinski definition) is 0. The SMILES string of the molecule is COCCCN1C(=O)CC(CC(=O)N(C)Cc2c(C)nc3ccccn23)(c2ccccc2OC)C1=O. The first-order valence-electron chi connectivity index (χ1n) is 12.0. The lowest BCUT2D eigenvalue weighted by atomic mass is 9.75. The number of pyridine rings is 1. The van der Waals surface area contributed by atoms with Crippen molar-refractivity contribution in [1.29, 1.82) is 0 Å². The molecule has 4 rings (SSSR count). The number of imidazole rings is 1. The molecule has 0 N–H and O–H groups in total. The van der Waals surface area contributed by atoms with Crippen LogP contribution < -0.4 is 4.74 Å². The van der Waals surface area contributed by atoms with E-state index in [2.05, 4.69) is 4.98 Å². The number of amides is 3. The number of ether oxygens (including phenoxy) is 2. The van der Waals surface area contributed by atoms with Gasteiger partial charge in [-0.1, -0.05) is 24.3 Å². The second-order valence-corrected chi connectivity index (χ2v) is 9.16. The molecule has 3 aromatic rings. The number of methoxy groups -OCH3 is 2. The van der Waals surface area contributed by atoms with Crippen LogP contribution in [0.1, 0.15) is 36.2 Å². The van der Waals surface area contributed by atoms with Gasteiger partial charge in [0.1, 0.15) is 11.4 Å². The van der Waals surface area contributed by atoms with Crippen molar-refractivity contribution in [3.63, 3.8) is 0 Å². The highest BCUT2D eigenvalue weighted by Gasteiger charge is 2.55. The van der Waals surface area contributed by atoms with Gasteiger partial charge in [-0.2, -0.15) is 0 Å². The van der Waals surface area contributed by atoms with Gasteiger partial charge in [-0.05, 0) is 31.5 Å². The van der Waals surface area contributed by atoms with E-state index in [9.17, 15) is 14.4 Å². The van der Waals surface area contributed by atoms with E-state index in [0.717, 1.165) is 17.0 Å². The fourth-order valence-corrected chi connectivity index (χ4v) is 4.94. The minimum Gasteiger partial charge on any atom is -0.496 e. The molecule has 1 fully saturated rings. The number of imide groups is 1. The molecule has 1 saturated heterocycles. The number of para-hydroxylation sites is 1. The second-order valence-electron chi connectivity index (χ2n) is 9.16. The first kappa shape index (κ1) is 25.4. The summed E-state index contributed by atoms with van der Waals surface area (Å²) in [5.41, 5.74) is 1.74. The van der Waals surface area contributed by atoms with E-state index in [1.165, 1.54) is 12.0 Å². The van der Waals surface area contributed by atoms with E-state index >= 15 is 0 Å². The zero-order valence-electron chi connectivity index (χ0n) is 21.2. The van der Waals surface area contributed by atoms with Crippen molar-refractivity contribution >= 4 is 23.4 Å². The van der Waals surface area contributed by atoms with Gasteiger partial charge in [0, 0.05) is 51.9 Å². The zero-order chi connectivity index (χ0) is 25.9. The fraction of sp³-hybridized carbons (Fsp3) is 0.407. The average molecular weight is 493 g/mol. The molecule has 0 bridgehead atoms. The van der Waals surface area contributed by atoms with Crippen molar-refractivity contribution in [1.82, 2.24) is 19.2 Å². The topological polar surface area (TPSA) is 93.5 Å². The summed E-state index contributed by atoms with van der Waals surface area (Å²) in [6.45, 7) is 2.90. The number of fused-ring (bicyclic) bond motifs is 1. The highest BCUT2D eigenvalue weighted by atomic mass is 16.5. The van der Waals surface area contributed by atoms with Crippen LogP contribution >= 0.6 is 0 Å². The number of aryl methyl sites for hydroxylation is 1. The lowest BCUT2D eigenvalue weighted by Gasteiger charge is -2.30. The van der Waals surface area contributed by atoms with Gasteiger partial charge in [-0.3, -0.25) is 19.3 Å². The maximum absolute atomic E-state index is 13.8. The maximum Gasteiger partial charge on any atom is 0.241 e. The first-order chi connectivity index (χ1) is 17.3. The van der Waals surface area contributed by atoms with Crippen LogP contribution in [0.15, 0.2) is 48.7 Å². The second kappa shape index (κ2) is 10.5. The number of benzene rings is 1. The zero-order valence-corrected chi connectivity index (χ0v) is 21.2. The third-order valence-electron chi connectivity index (χ3n) is 6.86. The van der Waals surface area contributed by atoms with E-state index in [1.807, 2.05) is 35.7 Å². The van der Waals surface area contributed by atoms with Crippen LogP contribution in [0.3, 0.4) is 0 Å². The molecule has 1 aliphatic rings. The summed E-state index contributed by atoms with van der Waals surface area (Å²) in [4.78, 5) is 47.9. The van der Waals surface area contributed by atoms with Crippen LogP contribution in [0.2, 0.25) is 0 Å². The maximum atomic E-state index is 13.8. The third-order valence-corrected chi connectivity index (χ3v) is 6.86. The number of aromatic nitrogens is 2. The van der Waals surface area contributed by atoms with Gasteiger partial charge in [-0.25, -0.2) is 4.98 Å². The Hall–Kier alpha value is -3.72. The van der Waals surface area contributed by atoms with E-state index in [0.29, 0.717) is 30.9 Å². The minimum absolute atomic E-state index is 0.0899. The van der Waals surface area contributed by atoms with E-state index in [4.69, 9.17) is 9.47 Å². The summed E-state index contributed by atoms with van der Waals surface area (Å²) in [5, 5.41) is 0. The predicted octanol–water partition coefficient (Wildman–Crippen LogP) is 2.73. The van der Waals surface area contributed by atoms with Gasteiger partial charge in [0.05, 0.1) is 30.5 Å². The standard InChI is InChI=1S/C27H32N4O5/c1-19-21(30-13-8-7-12-23(30)28-19)18-29(2)24(32)16-27(20-10-5-6-11-22(20)36-4)17-25(33)31(26(27)34)14-9-15-35-3/h5-8,10-13H,9,14-18H2,1-4H3. The summed E-state index contributed by atoms with van der Waals surface area (Å²) >= 11 is 0. The summed E-state index contributed by atoms with van der Waals surface area (Å²) in [6.07, 6.45) is 2.20. The Balaban J connectivity index is 1.65. The van der Waals surface area contributed by atoms with Gasteiger partial charge < -0.3 is 18.8 Å². The van der Waals surface area contributed by atoms with Gasteiger partial charge >= 0.3 is 0 Å². The quantitative estimate of drug-likeness (QED) is 0.319. The van der Waals surface area contributed by atoms with Crippen molar-refractivity contribution in [2.24, 2.45) is 0 Å². The van der Waals surface area contributed by atoms with Crippen LogP contribution in [0.25, 0.3) is 5.65 Å². The molecule has 0 aliphatic carbocycles. The Morgan fingerprint density at radius 1 is 1.14 bits per heavy atom. The predicted molar refractivity (Wildman–Crippen MR) is 134 cm³/mol. The van der Waals surface area contributed by atoms with Gasteiger partial charge in [0.15, 0.2) is 0 Å². The first-order valence-corrected chi connectivity index (χ1v) is 12.0. The van der Waals surface area contributed by atoms with E-state index in [1.54, 1.807) is 43.3 Å². The molecule has 1 atom stereocenters.